The second-order valence-electron chi connectivity index (χ2n) is 3.99. The number of nitrogens with zero attached hydrogens (tertiary/aromatic N) is 1. The highest BCUT2D eigenvalue weighted by Crippen LogP contribution is 2.15. The van der Waals surface area contributed by atoms with Crippen molar-refractivity contribution < 1.29 is 23.1 Å². The maximum Gasteiger partial charge on any atom is 0.353 e. The van der Waals surface area contributed by atoms with Crippen LogP contribution in [-0.2, 0) is 14.8 Å². The lowest BCUT2D eigenvalue weighted by Gasteiger charge is -2.10. The zero-order chi connectivity index (χ0) is 13.2. The van der Waals surface area contributed by atoms with Gasteiger partial charge in [0.05, 0.1) is 11.9 Å². The van der Waals surface area contributed by atoms with Gasteiger partial charge < -0.3 is 9.84 Å². The average molecular weight is 275 g/mol. The van der Waals surface area contributed by atoms with Gasteiger partial charge in [-0.1, -0.05) is 0 Å². The van der Waals surface area contributed by atoms with E-state index in [2.05, 4.69) is 14.9 Å². The van der Waals surface area contributed by atoms with Gasteiger partial charge in [0.1, 0.15) is 5.69 Å². The molecule has 2 rings (SSSR count). The highest BCUT2D eigenvalue weighted by Gasteiger charge is 2.24. The van der Waals surface area contributed by atoms with E-state index >= 15 is 0 Å². The molecule has 2 heterocycles. The van der Waals surface area contributed by atoms with E-state index in [1.54, 1.807) is 0 Å². The first-order valence-electron chi connectivity index (χ1n) is 5.37. The number of carboxylic acids is 1. The van der Waals surface area contributed by atoms with Gasteiger partial charge in [-0.05, 0) is 12.8 Å². The van der Waals surface area contributed by atoms with Crippen LogP contribution in [0.25, 0.3) is 0 Å². The second-order valence-corrected chi connectivity index (χ2v) is 5.76. The number of hydrogen-bond donors (Lipinski definition) is 3. The lowest BCUT2D eigenvalue weighted by Crippen LogP contribution is -2.25. The number of ether oxygens (including phenoxy) is 1. The summed E-state index contributed by atoms with van der Waals surface area (Å²) < 4.78 is 30.9. The summed E-state index contributed by atoms with van der Waals surface area (Å²) in [6.45, 7) is 0.575. The molecule has 0 aromatic carbocycles. The van der Waals surface area contributed by atoms with Crippen LogP contribution < -0.4 is 4.72 Å². The normalized spacial score (nSPS) is 19.9. The maximum absolute atomic E-state index is 11.7. The Kier molecular flexibility index (Phi) is 3.53. The summed E-state index contributed by atoms with van der Waals surface area (Å²) in [6, 6.07) is 1.12. The molecule has 1 atom stereocenters. The Bertz CT molecular complexity index is 532. The molecule has 0 radical (unpaired) electrons. The maximum atomic E-state index is 11.7. The SMILES string of the molecule is O=C(O)c1cc(NS(=O)(=O)CC2CCCO2)n[nH]1. The van der Waals surface area contributed by atoms with Crippen molar-refractivity contribution in [3.63, 3.8) is 0 Å². The van der Waals surface area contributed by atoms with Gasteiger partial charge in [0.2, 0.25) is 10.0 Å². The van der Waals surface area contributed by atoms with Crippen LogP contribution in [0.5, 0.6) is 0 Å². The van der Waals surface area contributed by atoms with Crippen molar-refractivity contribution in [1.82, 2.24) is 10.2 Å². The Morgan fingerprint density at radius 2 is 2.44 bits per heavy atom. The van der Waals surface area contributed by atoms with E-state index in [9.17, 15) is 13.2 Å². The predicted molar refractivity (Wildman–Crippen MR) is 61.9 cm³/mol. The molecular weight excluding hydrogens is 262 g/mol. The highest BCUT2D eigenvalue weighted by atomic mass is 32.2. The molecule has 1 aliphatic rings. The molecule has 0 spiro atoms. The Morgan fingerprint density at radius 1 is 1.67 bits per heavy atom. The van der Waals surface area contributed by atoms with Crippen LogP contribution in [0.15, 0.2) is 6.07 Å². The van der Waals surface area contributed by atoms with Gasteiger partial charge >= 0.3 is 5.97 Å². The van der Waals surface area contributed by atoms with Crippen molar-refractivity contribution in [1.29, 1.82) is 0 Å². The Labute approximate surface area is 103 Å². The van der Waals surface area contributed by atoms with Crippen LogP contribution in [0.2, 0.25) is 0 Å². The molecule has 1 unspecified atom stereocenters. The number of nitrogens with one attached hydrogen (secondary N) is 2. The minimum Gasteiger partial charge on any atom is -0.477 e. The Hall–Kier alpha value is -1.61. The van der Waals surface area contributed by atoms with Gasteiger partial charge in [0.25, 0.3) is 0 Å². The third-order valence-electron chi connectivity index (χ3n) is 2.50. The molecule has 0 amide bonds. The first-order valence-corrected chi connectivity index (χ1v) is 7.02. The van der Waals surface area contributed by atoms with Crippen molar-refractivity contribution in [3.8, 4) is 0 Å². The van der Waals surface area contributed by atoms with Crippen molar-refractivity contribution in [3.05, 3.63) is 11.8 Å². The molecule has 8 nitrogen and oxygen atoms in total. The fraction of sp³-hybridized carbons (Fsp3) is 0.556. The summed E-state index contributed by atoms with van der Waals surface area (Å²) in [4.78, 5) is 10.6. The summed E-state index contributed by atoms with van der Waals surface area (Å²) in [5, 5.41) is 14.4. The van der Waals surface area contributed by atoms with Crippen LogP contribution in [-0.4, -0.2) is 48.2 Å². The zero-order valence-corrected chi connectivity index (χ0v) is 10.2. The smallest absolute Gasteiger partial charge is 0.353 e. The van der Waals surface area contributed by atoms with E-state index in [1.807, 2.05) is 0 Å². The minimum atomic E-state index is -3.58. The van der Waals surface area contributed by atoms with Crippen molar-refractivity contribution >= 4 is 21.8 Å². The molecule has 9 heteroatoms. The molecule has 18 heavy (non-hydrogen) atoms. The molecule has 3 N–H and O–H groups in total. The first-order chi connectivity index (χ1) is 8.46. The van der Waals surface area contributed by atoms with E-state index in [-0.39, 0.29) is 23.4 Å². The second kappa shape index (κ2) is 4.94. The van der Waals surface area contributed by atoms with E-state index in [0.717, 1.165) is 12.5 Å². The molecule has 1 aliphatic heterocycles. The number of aromatic carboxylic acids is 1. The van der Waals surface area contributed by atoms with Crippen LogP contribution in [0, 0.1) is 0 Å². The van der Waals surface area contributed by atoms with Gasteiger partial charge in [-0.25, -0.2) is 13.2 Å². The Balaban J connectivity index is 2.00. The summed E-state index contributed by atoms with van der Waals surface area (Å²) in [5.41, 5.74) is -0.176. The number of aromatic nitrogens is 2. The molecule has 100 valence electrons. The van der Waals surface area contributed by atoms with E-state index in [4.69, 9.17) is 9.84 Å². The van der Waals surface area contributed by atoms with Gasteiger partial charge in [-0.3, -0.25) is 9.82 Å². The number of sulfonamides is 1. The van der Waals surface area contributed by atoms with Crippen molar-refractivity contribution in [2.75, 3.05) is 17.1 Å². The fourth-order valence-corrected chi connectivity index (χ4v) is 2.96. The summed E-state index contributed by atoms with van der Waals surface area (Å²) in [7, 11) is -3.58. The van der Waals surface area contributed by atoms with E-state index in [0.29, 0.717) is 13.0 Å². The van der Waals surface area contributed by atoms with Crippen molar-refractivity contribution in [2.24, 2.45) is 0 Å². The summed E-state index contributed by atoms with van der Waals surface area (Å²) >= 11 is 0. The van der Waals surface area contributed by atoms with Crippen LogP contribution in [0.3, 0.4) is 0 Å². The number of hydrogen-bond acceptors (Lipinski definition) is 5. The molecule has 1 saturated heterocycles. The lowest BCUT2D eigenvalue weighted by molar-refractivity contribution is 0.0690. The molecule has 1 aromatic rings. The van der Waals surface area contributed by atoms with Gasteiger partial charge in [0.15, 0.2) is 5.82 Å². The van der Waals surface area contributed by atoms with Crippen LogP contribution in [0.1, 0.15) is 23.3 Å². The molecule has 0 saturated carbocycles. The molecule has 0 aliphatic carbocycles. The number of carboxylic acid groups (broad SMARTS) is 1. The van der Waals surface area contributed by atoms with Crippen LogP contribution in [0.4, 0.5) is 5.82 Å². The minimum absolute atomic E-state index is 0.0367. The highest BCUT2D eigenvalue weighted by molar-refractivity contribution is 7.92. The standard InChI is InChI=1S/C9H13N3O5S/c13-9(14)7-4-8(11-10-7)12-18(15,16)5-6-2-1-3-17-6/h4,6H,1-3,5H2,(H,13,14)(H2,10,11,12). The first kappa shape index (κ1) is 12.8. The van der Waals surface area contributed by atoms with Crippen molar-refractivity contribution in [2.45, 2.75) is 18.9 Å². The lowest BCUT2D eigenvalue weighted by atomic mass is 10.3. The van der Waals surface area contributed by atoms with Gasteiger partial charge in [-0.15, -0.1) is 0 Å². The quantitative estimate of drug-likeness (QED) is 0.697. The molecular formula is C9H13N3O5S. The largest absolute Gasteiger partial charge is 0.477 e. The average Bonchev–Trinajstić information content (AvgIpc) is 2.87. The van der Waals surface area contributed by atoms with E-state index < -0.39 is 16.0 Å². The Morgan fingerprint density at radius 3 is 3.00 bits per heavy atom. The summed E-state index contributed by atoms with van der Waals surface area (Å²) in [6.07, 6.45) is 1.26. The number of rotatable bonds is 5. The summed E-state index contributed by atoms with van der Waals surface area (Å²) in [5.74, 6) is -1.39. The zero-order valence-electron chi connectivity index (χ0n) is 9.42. The van der Waals surface area contributed by atoms with Gasteiger partial charge in [0, 0.05) is 12.7 Å². The van der Waals surface area contributed by atoms with Crippen LogP contribution >= 0.6 is 0 Å². The fourth-order valence-electron chi connectivity index (χ4n) is 1.71. The third kappa shape index (κ3) is 3.20. The number of carbonyl (C=O) groups is 1. The monoisotopic (exact) mass is 275 g/mol. The predicted octanol–water partition coefficient (Wildman–Crippen LogP) is 0.0286. The molecule has 1 fully saturated rings. The molecule has 1 aromatic heterocycles. The number of aromatic amines is 1. The van der Waals surface area contributed by atoms with E-state index in [1.165, 1.54) is 0 Å². The number of H-pyrrole nitrogens is 1. The van der Waals surface area contributed by atoms with Gasteiger partial charge in [-0.2, -0.15) is 5.10 Å². The number of anilines is 1. The topological polar surface area (TPSA) is 121 Å². The molecule has 0 bridgehead atoms. The third-order valence-corrected chi connectivity index (χ3v) is 3.83.